The van der Waals surface area contributed by atoms with Gasteiger partial charge in [-0.15, -0.1) is 5.10 Å². The van der Waals surface area contributed by atoms with Crippen LogP contribution in [0.15, 0.2) is 24.9 Å². The molecule has 0 N–H and O–H groups in total. The summed E-state index contributed by atoms with van der Waals surface area (Å²) in [7, 11) is 1.85. The summed E-state index contributed by atoms with van der Waals surface area (Å²) < 4.78 is 5.16. The third-order valence-corrected chi connectivity index (χ3v) is 3.47. The molecule has 0 unspecified atom stereocenters. The van der Waals surface area contributed by atoms with Crippen LogP contribution in [0, 0.1) is 0 Å². The molecule has 0 atom stereocenters. The normalized spacial score (nSPS) is 11.7. The maximum atomic E-state index is 5.84. The summed E-state index contributed by atoms with van der Waals surface area (Å²) in [5.41, 5.74) is 1.56. The zero-order valence-electron chi connectivity index (χ0n) is 11.2. The molecule has 106 valence electrons. The molecule has 0 saturated heterocycles. The Morgan fingerprint density at radius 2 is 2.10 bits per heavy atom. The van der Waals surface area contributed by atoms with Crippen LogP contribution in [0.2, 0.25) is 5.02 Å². The first-order valence-corrected chi connectivity index (χ1v) is 6.78. The van der Waals surface area contributed by atoms with Gasteiger partial charge >= 0.3 is 0 Å². The second kappa shape index (κ2) is 4.52. The lowest BCUT2D eigenvalue weighted by atomic mass is 10.4. The Labute approximate surface area is 124 Å². The highest BCUT2D eigenvalue weighted by Gasteiger charge is 2.11. The number of halogens is 1. The van der Waals surface area contributed by atoms with Crippen molar-refractivity contribution < 1.29 is 0 Å². The smallest absolute Gasteiger partial charge is 0.170 e. The molecule has 0 fully saturated rings. The molecule has 0 aliphatic rings. The lowest BCUT2D eigenvalue weighted by molar-refractivity contribution is 0.600. The van der Waals surface area contributed by atoms with Gasteiger partial charge < -0.3 is 0 Å². The van der Waals surface area contributed by atoms with Gasteiger partial charge in [0.15, 0.2) is 17.1 Å². The van der Waals surface area contributed by atoms with Crippen LogP contribution in [0.3, 0.4) is 0 Å². The Hall–Kier alpha value is -2.48. The quantitative estimate of drug-likeness (QED) is 0.566. The topological polar surface area (TPSA) is 78.7 Å². The highest BCUT2D eigenvalue weighted by molar-refractivity contribution is 6.30. The molecule has 21 heavy (non-hydrogen) atoms. The van der Waals surface area contributed by atoms with Crippen molar-refractivity contribution in [1.82, 2.24) is 39.1 Å². The van der Waals surface area contributed by atoms with Crippen molar-refractivity contribution in [2.45, 2.75) is 13.0 Å². The predicted octanol–water partition coefficient (Wildman–Crippen LogP) is 1.10. The molecule has 4 heterocycles. The second-order valence-corrected chi connectivity index (χ2v) is 5.15. The largest absolute Gasteiger partial charge is 0.271 e. The Morgan fingerprint density at radius 3 is 2.90 bits per heavy atom. The zero-order chi connectivity index (χ0) is 14.4. The van der Waals surface area contributed by atoms with Crippen LogP contribution < -0.4 is 0 Å². The molecule has 0 bridgehead atoms. The molecule has 4 aromatic rings. The number of hydrogen-bond acceptors (Lipinski definition) is 5. The minimum absolute atomic E-state index is 0.624. The van der Waals surface area contributed by atoms with Crippen LogP contribution in [-0.2, 0) is 20.0 Å². The van der Waals surface area contributed by atoms with Crippen molar-refractivity contribution in [1.29, 1.82) is 0 Å². The molecule has 0 aliphatic carbocycles. The molecular weight excluding hydrogens is 292 g/mol. The second-order valence-electron chi connectivity index (χ2n) is 4.72. The highest BCUT2D eigenvalue weighted by Crippen LogP contribution is 2.15. The van der Waals surface area contributed by atoms with Crippen molar-refractivity contribution >= 4 is 28.3 Å². The molecule has 9 heteroatoms. The van der Waals surface area contributed by atoms with Gasteiger partial charge in [-0.1, -0.05) is 11.6 Å². The van der Waals surface area contributed by atoms with Gasteiger partial charge in [0, 0.05) is 26.2 Å². The molecule has 4 rings (SSSR count). The molecule has 0 radical (unpaired) electrons. The van der Waals surface area contributed by atoms with Gasteiger partial charge in [-0.05, 0) is 0 Å². The van der Waals surface area contributed by atoms with Crippen molar-refractivity contribution in [2.75, 3.05) is 0 Å². The first-order valence-electron chi connectivity index (χ1n) is 6.40. The van der Waals surface area contributed by atoms with E-state index in [0.29, 0.717) is 18.0 Å². The van der Waals surface area contributed by atoms with E-state index in [9.17, 15) is 0 Å². The van der Waals surface area contributed by atoms with Gasteiger partial charge in [-0.3, -0.25) is 9.36 Å². The Morgan fingerprint density at radius 1 is 1.19 bits per heavy atom. The summed E-state index contributed by atoms with van der Waals surface area (Å²) in [5.74, 6) is 0.736. The lowest BCUT2D eigenvalue weighted by Crippen LogP contribution is -2.03. The van der Waals surface area contributed by atoms with E-state index in [1.54, 1.807) is 38.8 Å². The predicted molar refractivity (Wildman–Crippen MR) is 76.0 cm³/mol. The molecule has 4 aromatic heterocycles. The summed E-state index contributed by atoms with van der Waals surface area (Å²) in [6.07, 6.45) is 7.46. The molecule has 0 aromatic carbocycles. The number of rotatable bonds is 3. The van der Waals surface area contributed by atoms with Crippen LogP contribution in [0.4, 0.5) is 0 Å². The molecule has 0 amide bonds. The molecular formula is C12H11ClN8. The number of aromatic nitrogens is 8. The van der Waals surface area contributed by atoms with Crippen molar-refractivity contribution in [3.05, 3.63) is 35.8 Å². The summed E-state index contributed by atoms with van der Waals surface area (Å²) >= 11 is 5.84. The van der Waals surface area contributed by atoms with Gasteiger partial charge in [0.2, 0.25) is 0 Å². The molecule has 0 aliphatic heterocycles. The standard InChI is InChI=1S/C12H11ClN8/c1-19-11-9(5-15-19)12-17-10(18-21(12)7-14-11)2-3-20-6-8(13)4-16-20/h4-7H,2-3H2,1H3. The minimum Gasteiger partial charge on any atom is -0.271 e. The van der Waals surface area contributed by atoms with Crippen molar-refractivity contribution in [3.8, 4) is 0 Å². The van der Waals surface area contributed by atoms with Gasteiger partial charge in [0.1, 0.15) is 6.33 Å². The van der Waals surface area contributed by atoms with Crippen molar-refractivity contribution in [3.63, 3.8) is 0 Å². The van der Waals surface area contributed by atoms with E-state index < -0.39 is 0 Å². The summed E-state index contributed by atoms with van der Waals surface area (Å²) in [6, 6.07) is 0. The average Bonchev–Trinajstić information content (AvgIpc) is 3.15. The van der Waals surface area contributed by atoms with Gasteiger partial charge in [0.25, 0.3) is 0 Å². The average molecular weight is 303 g/mol. The summed E-state index contributed by atoms with van der Waals surface area (Å²) in [5, 5.41) is 14.3. The van der Waals surface area contributed by atoms with Gasteiger partial charge in [0.05, 0.1) is 22.8 Å². The fraction of sp³-hybridized carbons (Fsp3) is 0.250. The maximum absolute atomic E-state index is 5.84. The highest BCUT2D eigenvalue weighted by atomic mass is 35.5. The minimum atomic E-state index is 0.624. The molecule has 0 saturated carbocycles. The third kappa shape index (κ3) is 2.04. The van der Waals surface area contributed by atoms with E-state index in [4.69, 9.17) is 11.6 Å². The third-order valence-electron chi connectivity index (χ3n) is 3.28. The van der Waals surface area contributed by atoms with Crippen LogP contribution >= 0.6 is 11.6 Å². The fourth-order valence-corrected chi connectivity index (χ4v) is 2.42. The van der Waals surface area contributed by atoms with E-state index in [1.165, 1.54) is 0 Å². The lowest BCUT2D eigenvalue weighted by Gasteiger charge is -1.96. The number of nitrogens with zero attached hydrogens (tertiary/aromatic N) is 8. The van der Waals surface area contributed by atoms with E-state index in [2.05, 4.69) is 25.3 Å². The Kier molecular flexibility index (Phi) is 2.64. The van der Waals surface area contributed by atoms with Crippen molar-refractivity contribution in [2.24, 2.45) is 7.05 Å². The summed E-state index contributed by atoms with van der Waals surface area (Å²) in [4.78, 5) is 8.89. The van der Waals surface area contributed by atoms with E-state index >= 15 is 0 Å². The van der Waals surface area contributed by atoms with E-state index in [1.807, 2.05) is 7.05 Å². The monoisotopic (exact) mass is 302 g/mol. The fourth-order valence-electron chi connectivity index (χ4n) is 2.26. The first-order chi connectivity index (χ1) is 10.2. The van der Waals surface area contributed by atoms with Crippen LogP contribution in [0.1, 0.15) is 5.82 Å². The van der Waals surface area contributed by atoms with E-state index in [0.717, 1.165) is 22.5 Å². The first kappa shape index (κ1) is 12.3. The van der Waals surface area contributed by atoms with Gasteiger partial charge in [-0.25, -0.2) is 14.5 Å². The number of fused-ring (bicyclic) bond motifs is 3. The SMILES string of the molecule is Cn1ncc2c1ncn1nc(CCn3cc(Cl)cn3)nc21. The van der Waals surface area contributed by atoms with E-state index in [-0.39, 0.29) is 0 Å². The summed E-state index contributed by atoms with van der Waals surface area (Å²) in [6.45, 7) is 0.674. The van der Waals surface area contributed by atoms with Crippen LogP contribution in [-0.4, -0.2) is 39.1 Å². The van der Waals surface area contributed by atoms with Crippen LogP contribution in [0.25, 0.3) is 16.7 Å². The zero-order valence-corrected chi connectivity index (χ0v) is 11.9. The molecule has 8 nitrogen and oxygen atoms in total. The maximum Gasteiger partial charge on any atom is 0.170 e. The number of aryl methyl sites for hydroxylation is 3. The van der Waals surface area contributed by atoms with Gasteiger partial charge in [-0.2, -0.15) is 10.2 Å². The van der Waals surface area contributed by atoms with Crippen LogP contribution in [0.5, 0.6) is 0 Å². The molecule has 0 spiro atoms. The Bertz CT molecular complexity index is 933. The number of hydrogen-bond donors (Lipinski definition) is 0. The Balaban J connectivity index is 1.68.